The van der Waals surface area contributed by atoms with Gasteiger partial charge in [0.1, 0.15) is 5.75 Å². The van der Waals surface area contributed by atoms with Crippen molar-refractivity contribution in [2.45, 2.75) is 32.2 Å². The van der Waals surface area contributed by atoms with E-state index in [2.05, 4.69) is 5.32 Å². The van der Waals surface area contributed by atoms with Crippen molar-refractivity contribution in [1.29, 1.82) is 0 Å². The van der Waals surface area contributed by atoms with Gasteiger partial charge in [0.05, 0.1) is 36.5 Å². The number of hydrogen-bond donors (Lipinski definition) is 1. The third kappa shape index (κ3) is 4.75. The second kappa shape index (κ2) is 10.4. The maximum atomic E-state index is 13.8. The molecule has 0 spiro atoms. The molecule has 1 saturated heterocycles. The molecule has 9 heteroatoms. The number of hydrogen-bond acceptors (Lipinski definition) is 6. The van der Waals surface area contributed by atoms with Crippen molar-refractivity contribution in [3.8, 4) is 5.75 Å². The SMILES string of the molecule is COc1ccccc1NC(=O)C1=C(C)N=C2SC=C(CC(=O)N3CCCC3)N2C1c1ccc(Cl)cc1. The minimum absolute atomic E-state index is 0.0988. The zero-order valence-corrected chi connectivity index (χ0v) is 21.7. The van der Waals surface area contributed by atoms with Crippen molar-refractivity contribution in [3.63, 3.8) is 0 Å². The van der Waals surface area contributed by atoms with E-state index in [0.717, 1.165) is 42.4 Å². The topological polar surface area (TPSA) is 74.2 Å². The molecule has 0 bridgehead atoms. The Labute approximate surface area is 219 Å². The number of rotatable bonds is 6. The van der Waals surface area contributed by atoms with Gasteiger partial charge >= 0.3 is 0 Å². The predicted molar refractivity (Wildman–Crippen MR) is 144 cm³/mol. The molecule has 3 aliphatic heterocycles. The second-order valence-electron chi connectivity index (χ2n) is 8.86. The monoisotopic (exact) mass is 522 g/mol. The van der Waals surface area contributed by atoms with E-state index in [1.807, 2.05) is 58.5 Å². The van der Waals surface area contributed by atoms with Crippen LogP contribution in [-0.4, -0.2) is 47.0 Å². The fourth-order valence-corrected chi connectivity index (χ4v) is 5.88. The molecule has 2 amide bonds. The van der Waals surface area contributed by atoms with Gasteiger partial charge in [0.2, 0.25) is 5.91 Å². The van der Waals surface area contributed by atoms with E-state index in [9.17, 15) is 9.59 Å². The van der Waals surface area contributed by atoms with Gasteiger partial charge < -0.3 is 19.9 Å². The third-order valence-electron chi connectivity index (χ3n) is 6.58. The van der Waals surface area contributed by atoms with Crippen molar-refractivity contribution < 1.29 is 14.3 Å². The van der Waals surface area contributed by atoms with E-state index in [-0.39, 0.29) is 18.2 Å². The van der Waals surface area contributed by atoms with Gasteiger partial charge in [-0.1, -0.05) is 47.6 Å². The number of methoxy groups -OCH3 is 1. The Morgan fingerprint density at radius 1 is 1.14 bits per heavy atom. The van der Waals surface area contributed by atoms with Gasteiger partial charge in [-0.05, 0) is 55.0 Å². The Hall–Kier alpha value is -3.23. The molecule has 0 aromatic heterocycles. The lowest BCUT2D eigenvalue weighted by molar-refractivity contribution is -0.129. The number of fused-ring (bicyclic) bond motifs is 1. The lowest BCUT2D eigenvalue weighted by Gasteiger charge is -2.37. The number of carbonyl (C=O) groups excluding carboxylic acids is 2. The summed E-state index contributed by atoms with van der Waals surface area (Å²) in [6.45, 7) is 3.44. The lowest BCUT2D eigenvalue weighted by Crippen LogP contribution is -2.39. The first kappa shape index (κ1) is 24.5. The molecule has 1 unspecified atom stereocenters. The number of allylic oxidation sites excluding steroid dienone is 1. The van der Waals surface area contributed by atoms with Crippen LogP contribution in [0.25, 0.3) is 0 Å². The maximum absolute atomic E-state index is 13.8. The Morgan fingerprint density at radius 3 is 2.58 bits per heavy atom. The minimum Gasteiger partial charge on any atom is -0.495 e. The average molecular weight is 523 g/mol. The molecule has 36 heavy (non-hydrogen) atoms. The Morgan fingerprint density at radius 2 is 1.86 bits per heavy atom. The highest BCUT2D eigenvalue weighted by molar-refractivity contribution is 8.16. The predicted octanol–water partition coefficient (Wildman–Crippen LogP) is 5.57. The van der Waals surface area contributed by atoms with Crippen molar-refractivity contribution in [2.24, 2.45) is 4.99 Å². The number of ether oxygens (including phenoxy) is 1. The van der Waals surface area contributed by atoms with Crippen molar-refractivity contribution in [1.82, 2.24) is 9.80 Å². The van der Waals surface area contributed by atoms with Crippen LogP contribution in [0.3, 0.4) is 0 Å². The zero-order chi connectivity index (χ0) is 25.2. The molecule has 3 aliphatic rings. The number of benzene rings is 2. The molecule has 2 aromatic rings. The summed E-state index contributed by atoms with van der Waals surface area (Å²) in [7, 11) is 1.57. The quantitative estimate of drug-likeness (QED) is 0.536. The molecule has 1 fully saturated rings. The standard InChI is InChI=1S/C27H27ClN4O3S/c1-17-24(26(34)30-21-7-3-4-8-22(21)35-2)25(18-9-11-19(28)12-10-18)32-20(16-36-27(32)29-17)15-23(33)31-13-5-6-14-31/h3-4,7-12,16,25H,5-6,13-15H2,1-2H3,(H,30,34). The number of anilines is 1. The molecule has 0 aliphatic carbocycles. The normalized spacial score (nSPS) is 19.1. The number of para-hydroxylation sites is 2. The van der Waals surface area contributed by atoms with Crippen LogP contribution in [-0.2, 0) is 9.59 Å². The van der Waals surface area contributed by atoms with E-state index < -0.39 is 6.04 Å². The summed E-state index contributed by atoms with van der Waals surface area (Å²) in [5.74, 6) is 0.393. The number of amides is 2. The number of likely N-dealkylation sites (tertiary alicyclic amines) is 1. The van der Waals surface area contributed by atoms with Gasteiger partial charge in [0, 0.05) is 23.8 Å². The molecule has 5 rings (SSSR count). The van der Waals surface area contributed by atoms with Crippen molar-refractivity contribution in [2.75, 3.05) is 25.5 Å². The number of nitrogens with zero attached hydrogens (tertiary/aromatic N) is 3. The highest BCUT2D eigenvalue weighted by atomic mass is 35.5. The van der Waals surface area contributed by atoms with Crippen molar-refractivity contribution in [3.05, 3.63) is 81.5 Å². The maximum Gasteiger partial charge on any atom is 0.256 e. The van der Waals surface area contributed by atoms with Crippen LogP contribution in [0.4, 0.5) is 5.69 Å². The van der Waals surface area contributed by atoms with E-state index >= 15 is 0 Å². The molecule has 3 heterocycles. The fraction of sp³-hybridized carbons (Fsp3) is 0.296. The fourth-order valence-electron chi connectivity index (χ4n) is 4.79. The molecule has 2 aromatic carbocycles. The first-order chi connectivity index (χ1) is 17.5. The molecule has 0 saturated carbocycles. The molecule has 7 nitrogen and oxygen atoms in total. The summed E-state index contributed by atoms with van der Waals surface area (Å²) in [5.41, 5.74) is 3.44. The zero-order valence-electron chi connectivity index (χ0n) is 20.2. The molecule has 0 radical (unpaired) electrons. The Kier molecular flexibility index (Phi) is 7.07. The van der Waals surface area contributed by atoms with E-state index in [4.69, 9.17) is 21.3 Å². The van der Waals surface area contributed by atoms with Crippen LogP contribution in [0.15, 0.2) is 75.9 Å². The highest BCUT2D eigenvalue weighted by Crippen LogP contribution is 2.45. The van der Waals surface area contributed by atoms with Gasteiger partial charge in [-0.15, -0.1) is 0 Å². The lowest BCUT2D eigenvalue weighted by atomic mass is 9.93. The van der Waals surface area contributed by atoms with Gasteiger partial charge in [0.15, 0.2) is 5.17 Å². The van der Waals surface area contributed by atoms with Crippen molar-refractivity contribution >= 4 is 46.0 Å². The number of aliphatic imine (C=N–C) groups is 1. The summed E-state index contributed by atoms with van der Waals surface area (Å²) < 4.78 is 5.43. The largest absolute Gasteiger partial charge is 0.495 e. The van der Waals surface area contributed by atoms with Crippen LogP contribution >= 0.6 is 23.4 Å². The van der Waals surface area contributed by atoms with E-state index in [1.54, 1.807) is 19.2 Å². The van der Waals surface area contributed by atoms with E-state index in [1.165, 1.54) is 11.8 Å². The number of nitrogens with one attached hydrogen (secondary N) is 1. The summed E-state index contributed by atoms with van der Waals surface area (Å²) >= 11 is 7.67. The number of halogens is 1. The summed E-state index contributed by atoms with van der Waals surface area (Å²) in [5, 5.41) is 6.35. The first-order valence-electron chi connectivity index (χ1n) is 11.9. The van der Waals surface area contributed by atoms with Crippen LogP contribution in [0.1, 0.15) is 37.8 Å². The van der Waals surface area contributed by atoms with Crippen LogP contribution in [0.2, 0.25) is 5.02 Å². The average Bonchev–Trinajstić information content (AvgIpc) is 3.55. The summed E-state index contributed by atoms with van der Waals surface area (Å²) in [6.07, 6.45) is 2.34. The smallest absolute Gasteiger partial charge is 0.256 e. The second-order valence-corrected chi connectivity index (χ2v) is 10.1. The third-order valence-corrected chi connectivity index (χ3v) is 7.72. The van der Waals surface area contributed by atoms with E-state index in [0.29, 0.717) is 27.7 Å². The molecule has 186 valence electrons. The summed E-state index contributed by atoms with van der Waals surface area (Å²) in [4.78, 5) is 35.5. The molecular weight excluding hydrogens is 496 g/mol. The first-order valence-corrected chi connectivity index (χ1v) is 13.1. The molecule has 1 N–H and O–H groups in total. The minimum atomic E-state index is -0.461. The van der Waals surface area contributed by atoms with Crippen LogP contribution in [0, 0.1) is 0 Å². The van der Waals surface area contributed by atoms with Gasteiger partial charge in [-0.25, -0.2) is 4.99 Å². The Balaban J connectivity index is 1.51. The van der Waals surface area contributed by atoms with Gasteiger partial charge in [-0.3, -0.25) is 9.59 Å². The van der Waals surface area contributed by atoms with Gasteiger partial charge in [-0.2, -0.15) is 0 Å². The molecular formula is C27H27ClN4O3S. The number of thioether (sulfide) groups is 1. The number of amidine groups is 1. The highest BCUT2D eigenvalue weighted by Gasteiger charge is 2.41. The van der Waals surface area contributed by atoms with Crippen LogP contribution < -0.4 is 10.1 Å². The Bertz CT molecular complexity index is 1280. The van der Waals surface area contributed by atoms with Crippen LogP contribution in [0.5, 0.6) is 5.75 Å². The number of carbonyl (C=O) groups is 2. The van der Waals surface area contributed by atoms with Gasteiger partial charge in [0.25, 0.3) is 5.91 Å². The molecule has 1 atom stereocenters. The summed E-state index contributed by atoms with van der Waals surface area (Å²) in [6, 6.07) is 14.3.